The molecular formula is C13H22N4OS. The molecule has 0 aliphatic carbocycles. The number of rotatable bonds is 6. The highest BCUT2D eigenvalue weighted by Gasteiger charge is 2.15. The predicted molar refractivity (Wildman–Crippen MR) is 81.6 cm³/mol. The van der Waals surface area contributed by atoms with E-state index in [0.29, 0.717) is 22.5 Å². The third-order valence-corrected chi connectivity index (χ3v) is 3.32. The number of anilines is 2. The molecule has 6 heteroatoms. The summed E-state index contributed by atoms with van der Waals surface area (Å²) in [6, 6.07) is 0. The van der Waals surface area contributed by atoms with Crippen LogP contribution in [0.25, 0.3) is 0 Å². The average Bonchev–Trinajstić information content (AvgIpc) is 2.67. The molecule has 0 saturated heterocycles. The van der Waals surface area contributed by atoms with Gasteiger partial charge in [0.1, 0.15) is 10.7 Å². The molecule has 0 bridgehead atoms. The molecule has 4 N–H and O–H groups in total. The van der Waals surface area contributed by atoms with Gasteiger partial charge in [0, 0.05) is 13.1 Å². The monoisotopic (exact) mass is 282 g/mol. The molecule has 19 heavy (non-hydrogen) atoms. The highest BCUT2D eigenvalue weighted by atomic mass is 32.1. The molecule has 1 rings (SSSR count). The maximum Gasteiger partial charge on any atom is 0.265 e. The molecule has 0 radical (unpaired) electrons. The van der Waals surface area contributed by atoms with Crippen molar-refractivity contribution >= 4 is 28.2 Å². The first-order valence-corrected chi connectivity index (χ1v) is 7.13. The molecule has 0 unspecified atom stereocenters. The number of nitrogen functional groups attached to an aromatic ring is 1. The van der Waals surface area contributed by atoms with E-state index in [9.17, 15) is 4.79 Å². The topological polar surface area (TPSA) is 80.0 Å². The molecule has 1 aromatic rings. The lowest BCUT2D eigenvalue weighted by Gasteiger charge is -2.04. The minimum Gasteiger partial charge on any atom is -0.382 e. The predicted octanol–water partition coefficient (Wildman–Crippen LogP) is 2.49. The molecule has 5 nitrogen and oxygen atoms in total. The molecule has 0 fully saturated rings. The lowest BCUT2D eigenvalue weighted by atomic mass is 10.2. The minimum atomic E-state index is -0.176. The first-order chi connectivity index (χ1) is 8.90. The number of hydrogen-bond donors (Lipinski definition) is 3. The molecule has 0 aliphatic heterocycles. The van der Waals surface area contributed by atoms with Gasteiger partial charge in [0.05, 0.1) is 0 Å². The molecule has 1 amide bonds. The van der Waals surface area contributed by atoms with Crippen LogP contribution in [0.15, 0.2) is 11.6 Å². The van der Waals surface area contributed by atoms with Crippen LogP contribution in [0.4, 0.5) is 10.9 Å². The summed E-state index contributed by atoms with van der Waals surface area (Å²) < 4.78 is 0. The molecule has 0 spiro atoms. The van der Waals surface area contributed by atoms with Gasteiger partial charge in [-0.2, -0.15) is 0 Å². The SMILES string of the molecule is CC(C)=CCNC(=O)c1sc(NCC(C)C)nc1N. The van der Waals surface area contributed by atoms with E-state index in [4.69, 9.17) is 5.73 Å². The van der Waals surface area contributed by atoms with Crippen LogP contribution >= 0.6 is 11.3 Å². The first-order valence-electron chi connectivity index (χ1n) is 6.32. The Morgan fingerprint density at radius 1 is 1.47 bits per heavy atom. The van der Waals surface area contributed by atoms with Crippen LogP contribution in [-0.2, 0) is 0 Å². The summed E-state index contributed by atoms with van der Waals surface area (Å²) in [5, 5.41) is 6.66. The van der Waals surface area contributed by atoms with Gasteiger partial charge in [-0.1, -0.05) is 36.8 Å². The number of allylic oxidation sites excluding steroid dienone is 1. The molecule has 0 saturated carbocycles. The minimum absolute atomic E-state index is 0.176. The largest absolute Gasteiger partial charge is 0.382 e. The summed E-state index contributed by atoms with van der Waals surface area (Å²) >= 11 is 1.29. The van der Waals surface area contributed by atoms with Crippen LogP contribution in [0.1, 0.15) is 37.4 Å². The Morgan fingerprint density at radius 3 is 2.74 bits per heavy atom. The van der Waals surface area contributed by atoms with Gasteiger partial charge < -0.3 is 16.4 Å². The highest BCUT2D eigenvalue weighted by molar-refractivity contribution is 7.18. The normalized spacial score (nSPS) is 10.4. The summed E-state index contributed by atoms with van der Waals surface area (Å²) in [5.74, 6) is 0.621. The van der Waals surface area contributed by atoms with Crippen LogP contribution in [0.5, 0.6) is 0 Å². The van der Waals surface area contributed by atoms with E-state index in [0.717, 1.165) is 12.1 Å². The molecular weight excluding hydrogens is 260 g/mol. The fourth-order valence-corrected chi connectivity index (χ4v) is 2.10. The van der Waals surface area contributed by atoms with Gasteiger partial charge in [-0.25, -0.2) is 4.98 Å². The molecule has 0 aromatic carbocycles. The molecule has 0 atom stereocenters. The van der Waals surface area contributed by atoms with Gasteiger partial charge in [0.15, 0.2) is 5.13 Å². The highest BCUT2D eigenvalue weighted by Crippen LogP contribution is 2.24. The fraction of sp³-hybridized carbons (Fsp3) is 0.538. The fourth-order valence-electron chi connectivity index (χ4n) is 1.29. The van der Waals surface area contributed by atoms with Crippen LogP contribution in [0.2, 0.25) is 0 Å². The second kappa shape index (κ2) is 7.13. The Kier molecular flexibility index (Phi) is 5.82. The van der Waals surface area contributed by atoms with E-state index in [1.165, 1.54) is 11.3 Å². The molecule has 0 aliphatic rings. The number of nitrogens with two attached hydrogens (primary N) is 1. The van der Waals surface area contributed by atoms with Crippen LogP contribution < -0.4 is 16.4 Å². The summed E-state index contributed by atoms with van der Waals surface area (Å²) in [4.78, 5) is 16.5. The lowest BCUT2D eigenvalue weighted by Crippen LogP contribution is -2.23. The number of hydrogen-bond acceptors (Lipinski definition) is 5. The van der Waals surface area contributed by atoms with E-state index in [-0.39, 0.29) is 11.7 Å². The molecule has 1 heterocycles. The van der Waals surface area contributed by atoms with Crippen molar-refractivity contribution in [2.75, 3.05) is 24.1 Å². The Bertz CT molecular complexity index is 461. The van der Waals surface area contributed by atoms with E-state index >= 15 is 0 Å². The maximum atomic E-state index is 11.9. The lowest BCUT2D eigenvalue weighted by molar-refractivity contribution is 0.0962. The average molecular weight is 282 g/mol. The molecule has 1 aromatic heterocycles. The Balaban J connectivity index is 2.62. The second-order valence-corrected chi connectivity index (χ2v) is 6.00. The Labute approximate surface area is 118 Å². The van der Waals surface area contributed by atoms with Crippen molar-refractivity contribution in [3.05, 3.63) is 16.5 Å². The van der Waals surface area contributed by atoms with Gasteiger partial charge in [0.2, 0.25) is 0 Å². The van der Waals surface area contributed by atoms with Crippen LogP contribution in [0, 0.1) is 5.92 Å². The van der Waals surface area contributed by atoms with Gasteiger partial charge in [-0.05, 0) is 19.8 Å². The summed E-state index contributed by atoms with van der Waals surface area (Å²) in [5.41, 5.74) is 6.93. The second-order valence-electron chi connectivity index (χ2n) is 5.00. The Hall–Kier alpha value is -1.56. The number of thiazole rings is 1. The van der Waals surface area contributed by atoms with Crippen LogP contribution in [-0.4, -0.2) is 24.0 Å². The summed E-state index contributed by atoms with van der Waals surface area (Å²) in [7, 11) is 0. The van der Waals surface area contributed by atoms with Crippen molar-refractivity contribution in [2.45, 2.75) is 27.7 Å². The van der Waals surface area contributed by atoms with Gasteiger partial charge in [-0.15, -0.1) is 0 Å². The third-order valence-electron chi connectivity index (χ3n) is 2.29. The number of nitrogens with one attached hydrogen (secondary N) is 2. The number of carbonyl (C=O) groups excluding carboxylic acids is 1. The van der Waals surface area contributed by atoms with Crippen molar-refractivity contribution in [2.24, 2.45) is 5.92 Å². The smallest absolute Gasteiger partial charge is 0.265 e. The standard InChI is InChI=1S/C13H22N4OS/c1-8(2)5-6-15-12(18)10-11(14)17-13(19-10)16-7-9(3)4/h5,9H,6-7,14H2,1-4H3,(H,15,18)(H,16,17). The van der Waals surface area contributed by atoms with Crippen molar-refractivity contribution in [1.82, 2.24) is 10.3 Å². The zero-order valence-corrected chi connectivity index (χ0v) is 12.7. The number of amides is 1. The summed E-state index contributed by atoms with van der Waals surface area (Å²) in [6.45, 7) is 9.51. The zero-order chi connectivity index (χ0) is 14.4. The van der Waals surface area contributed by atoms with E-state index in [1.807, 2.05) is 19.9 Å². The van der Waals surface area contributed by atoms with E-state index in [2.05, 4.69) is 29.5 Å². The van der Waals surface area contributed by atoms with Crippen molar-refractivity contribution in [1.29, 1.82) is 0 Å². The van der Waals surface area contributed by atoms with Gasteiger partial charge in [0.25, 0.3) is 5.91 Å². The van der Waals surface area contributed by atoms with Crippen molar-refractivity contribution < 1.29 is 4.79 Å². The number of nitrogens with zero attached hydrogens (tertiary/aromatic N) is 1. The number of carbonyl (C=O) groups is 1. The summed E-state index contributed by atoms with van der Waals surface area (Å²) in [6.07, 6.45) is 1.95. The van der Waals surface area contributed by atoms with Crippen molar-refractivity contribution in [3.8, 4) is 0 Å². The zero-order valence-electron chi connectivity index (χ0n) is 11.9. The molecule has 106 valence electrons. The van der Waals surface area contributed by atoms with Crippen molar-refractivity contribution in [3.63, 3.8) is 0 Å². The first kappa shape index (κ1) is 15.5. The van der Waals surface area contributed by atoms with Gasteiger partial charge >= 0.3 is 0 Å². The van der Waals surface area contributed by atoms with E-state index in [1.54, 1.807) is 0 Å². The maximum absolute atomic E-state index is 11.9. The Morgan fingerprint density at radius 2 is 2.16 bits per heavy atom. The quantitative estimate of drug-likeness (QED) is 0.700. The van der Waals surface area contributed by atoms with E-state index < -0.39 is 0 Å². The van der Waals surface area contributed by atoms with Gasteiger partial charge in [-0.3, -0.25) is 4.79 Å². The number of aromatic nitrogens is 1. The van der Waals surface area contributed by atoms with Crippen LogP contribution in [0.3, 0.4) is 0 Å². The third kappa shape index (κ3) is 5.30.